The molecule has 2 rings (SSSR count). The van der Waals surface area contributed by atoms with Crippen LogP contribution in [-0.4, -0.2) is 50.1 Å². The highest BCUT2D eigenvalue weighted by molar-refractivity contribution is 5.45. The molecule has 102 valence electrons. The molecule has 0 unspecified atom stereocenters. The summed E-state index contributed by atoms with van der Waals surface area (Å²) >= 11 is 0. The van der Waals surface area contributed by atoms with E-state index < -0.39 is 0 Å². The van der Waals surface area contributed by atoms with Crippen LogP contribution < -0.4 is 4.74 Å². The summed E-state index contributed by atoms with van der Waals surface area (Å²) in [4.78, 5) is 4.84. The van der Waals surface area contributed by atoms with Crippen LogP contribution in [0.15, 0.2) is 18.2 Å². The lowest BCUT2D eigenvalue weighted by molar-refractivity contribution is 0.269. The Kier molecular flexibility index (Phi) is 4.78. The van der Waals surface area contributed by atoms with Gasteiger partial charge in [0.25, 0.3) is 0 Å². The first-order valence-corrected chi connectivity index (χ1v) is 6.71. The van der Waals surface area contributed by atoms with Crippen LogP contribution in [0, 0.1) is 11.3 Å². The maximum Gasteiger partial charge on any atom is 0.136 e. The molecule has 0 aromatic heterocycles. The standard InChI is InChI=1S/C15H21N3O/c1-17-6-3-7-18(9-8-17)12-13-4-5-14(11-16)15(10-13)19-2/h4-5,10H,3,6-9,12H2,1-2H3. The van der Waals surface area contributed by atoms with Crippen molar-refractivity contribution in [2.45, 2.75) is 13.0 Å². The molecule has 1 fully saturated rings. The van der Waals surface area contributed by atoms with Crippen molar-refractivity contribution < 1.29 is 4.74 Å². The van der Waals surface area contributed by atoms with Gasteiger partial charge in [-0.05, 0) is 44.3 Å². The molecule has 0 amide bonds. The van der Waals surface area contributed by atoms with E-state index in [0.717, 1.165) is 26.2 Å². The summed E-state index contributed by atoms with van der Waals surface area (Å²) in [6.45, 7) is 5.45. The van der Waals surface area contributed by atoms with E-state index in [1.54, 1.807) is 7.11 Å². The Hall–Kier alpha value is -1.57. The first kappa shape index (κ1) is 13.9. The normalized spacial score (nSPS) is 17.7. The van der Waals surface area contributed by atoms with E-state index in [-0.39, 0.29) is 0 Å². The van der Waals surface area contributed by atoms with Gasteiger partial charge >= 0.3 is 0 Å². The predicted molar refractivity (Wildman–Crippen MR) is 75.1 cm³/mol. The first-order chi connectivity index (χ1) is 9.22. The largest absolute Gasteiger partial charge is 0.495 e. The summed E-state index contributed by atoms with van der Waals surface area (Å²) in [6.07, 6.45) is 1.21. The maximum atomic E-state index is 8.98. The Balaban J connectivity index is 2.04. The molecule has 1 saturated heterocycles. The van der Waals surface area contributed by atoms with E-state index in [1.165, 1.54) is 18.5 Å². The maximum absolute atomic E-state index is 8.98. The van der Waals surface area contributed by atoms with Gasteiger partial charge in [0.05, 0.1) is 12.7 Å². The van der Waals surface area contributed by atoms with Crippen molar-refractivity contribution in [1.29, 1.82) is 5.26 Å². The van der Waals surface area contributed by atoms with Crippen LogP contribution in [0.25, 0.3) is 0 Å². The average Bonchev–Trinajstić information content (AvgIpc) is 2.63. The molecule has 0 radical (unpaired) electrons. The average molecular weight is 259 g/mol. The smallest absolute Gasteiger partial charge is 0.136 e. The third-order valence-corrected chi connectivity index (χ3v) is 3.60. The number of rotatable bonds is 3. The van der Waals surface area contributed by atoms with E-state index in [2.05, 4.69) is 22.9 Å². The molecule has 0 aliphatic carbocycles. The second-order valence-electron chi connectivity index (χ2n) is 5.08. The van der Waals surface area contributed by atoms with Crippen molar-refractivity contribution in [3.05, 3.63) is 29.3 Å². The lowest BCUT2D eigenvalue weighted by Crippen LogP contribution is -2.28. The van der Waals surface area contributed by atoms with Crippen molar-refractivity contribution in [1.82, 2.24) is 9.80 Å². The Labute approximate surface area is 115 Å². The molecule has 0 saturated carbocycles. The van der Waals surface area contributed by atoms with Crippen LogP contribution in [0.2, 0.25) is 0 Å². The van der Waals surface area contributed by atoms with E-state index >= 15 is 0 Å². The van der Waals surface area contributed by atoms with Crippen molar-refractivity contribution in [3.8, 4) is 11.8 Å². The molecule has 0 atom stereocenters. The number of likely N-dealkylation sites (N-methyl/N-ethyl adjacent to an activating group) is 1. The number of hydrogen-bond donors (Lipinski definition) is 0. The van der Waals surface area contributed by atoms with Crippen molar-refractivity contribution in [2.24, 2.45) is 0 Å². The minimum absolute atomic E-state index is 0.599. The summed E-state index contributed by atoms with van der Waals surface area (Å²) in [6, 6.07) is 8.00. The van der Waals surface area contributed by atoms with E-state index in [0.29, 0.717) is 11.3 Å². The van der Waals surface area contributed by atoms with Crippen molar-refractivity contribution in [3.63, 3.8) is 0 Å². The van der Waals surface area contributed by atoms with Gasteiger partial charge in [0.15, 0.2) is 0 Å². The SMILES string of the molecule is COc1cc(CN2CCCN(C)CC2)ccc1C#N. The number of benzene rings is 1. The quantitative estimate of drug-likeness (QED) is 0.828. The third-order valence-electron chi connectivity index (χ3n) is 3.60. The number of nitriles is 1. The monoisotopic (exact) mass is 259 g/mol. The molecule has 1 aliphatic heterocycles. The zero-order valence-corrected chi connectivity index (χ0v) is 11.7. The fourth-order valence-electron chi connectivity index (χ4n) is 2.44. The summed E-state index contributed by atoms with van der Waals surface area (Å²) in [7, 11) is 3.79. The van der Waals surface area contributed by atoms with E-state index in [4.69, 9.17) is 10.00 Å². The van der Waals surface area contributed by atoms with Crippen LogP contribution in [-0.2, 0) is 6.54 Å². The van der Waals surface area contributed by atoms with Gasteiger partial charge in [-0.25, -0.2) is 0 Å². The summed E-state index contributed by atoms with van der Waals surface area (Å²) in [5.41, 5.74) is 1.81. The number of methoxy groups -OCH3 is 1. The lowest BCUT2D eigenvalue weighted by Gasteiger charge is -2.20. The minimum Gasteiger partial charge on any atom is -0.495 e. The molecular formula is C15H21N3O. The molecule has 19 heavy (non-hydrogen) atoms. The Morgan fingerprint density at radius 2 is 2.11 bits per heavy atom. The Morgan fingerprint density at radius 1 is 1.26 bits per heavy atom. The first-order valence-electron chi connectivity index (χ1n) is 6.71. The number of hydrogen-bond acceptors (Lipinski definition) is 4. The fraction of sp³-hybridized carbons (Fsp3) is 0.533. The molecule has 1 aromatic carbocycles. The van der Waals surface area contributed by atoms with Gasteiger partial charge in [0, 0.05) is 19.6 Å². The molecule has 1 aliphatic rings. The van der Waals surface area contributed by atoms with Crippen molar-refractivity contribution >= 4 is 0 Å². The van der Waals surface area contributed by atoms with Crippen molar-refractivity contribution in [2.75, 3.05) is 40.3 Å². The molecule has 4 nitrogen and oxygen atoms in total. The Bertz CT molecular complexity index is 467. The molecule has 0 spiro atoms. The van der Waals surface area contributed by atoms with Gasteiger partial charge < -0.3 is 9.64 Å². The second-order valence-corrected chi connectivity index (χ2v) is 5.08. The highest BCUT2D eigenvalue weighted by atomic mass is 16.5. The zero-order chi connectivity index (χ0) is 13.7. The van der Waals surface area contributed by atoms with Crippen LogP contribution in [0.5, 0.6) is 5.75 Å². The minimum atomic E-state index is 0.599. The van der Waals surface area contributed by atoms with Crippen LogP contribution in [0.3, 0.4) is 0 Å². The second kappa shape index (κ2) is 6.55. The van der Waals surface area contributed by atoms with Gasteiger partial charge in [-0.15, -0.1) is 0 Å². The van der Waals surface area contributed by atoms with Gasteiger partial charge in [0.2, 0.25) is 0 Å². The van der Waals surface area contributed by atoms with E-state index in [1.807, 2.05) is 18.2 Å². The fourth-order valence-corrected chi connectivity index (χ4v) is 2.44. The Morgan fingerprint density at radius 3 is 2.84 bits per heavy atom. The van der Waals surface area contributed by atoms with Crippen LogP contribution >= 0.6 is 0 Å². The lowest BCUT2D eigenvalue weighted by atomic mass is 10.1. The molecule has 4 heteroatoms. The zero-order valence-electron chi connectivity index (χ0n) is 11.7. The molecule has 1 heterocycles. The topological polar surface area (TPSA) is 39.5 Å². The highest BCUT2D eigenvalue weighted by Crippen LogP contribution is 2.20. The van der Waals surface area contributed by atoms with Gasteiger partial charge in [-0.2, -0.15) is 5.26 Å². The number of ether oxygens (including phenoxy) is 1. The van der Waals surface area contributed by atoms with E-state index in [9.17, 15) is 0 Å². The predicted octanol–water partition coefficient (Wildman–Crippen LogP) is 1.70. The van der Waals surface area contributed by atoms with Gasteiger partial charge in [-0.1, -0.05) is 6.07 Å². The van der Waals surface area contributed by atoms with Gasteiger partial charge in [0.1, 0.15) is 11.8 Å². The highest BCUT2D eigenvalue weighted by Gasteiger charge is 2.13. The molecule has 0 bridgehead atoms. The summed E-state index contributed by atoms with van der Waals surface area (Å²) in [5.74, 6) is 0.673. The van der Waals surface area contributed by atoms with Gasteiger partial charge in [-0.3, -0.25) is 4.90 Å². The number of nitrogens with zero attached hydrogens (tertiary/aromatic N) is 3. The van der Waals surface area contributed by atoms with Crippen LogP contribution in [0.1, 0.15) is 17.5 Å². The summed E-state index contributed by atoms with van der Waals surface area (Å²) in [5, 5.41) is 8.98. The van der Waals surface area contributed by atoms with Crippen LogP contribution in [0.4, 0.5) is 0 Å². The molecule has 1 aromatic rings. The molecular weight excluding hydrogens is 238 g/mol. The third kappa shape index (κ3) is 3.69. The molecule has 0 N–H and O–H groups in total. The summed E-state index contributed by atoms with van der Waals surface area (Å²) < 4.78 is 5.26.